The summed E-state index contributed by atoms with van der Waals surface area (Å²) in [5, 5.41) is 19.6. The fraction of sp³-hybridized carbons (Fsp3) is 0.917. The van der Waals surface area contributed by atoms with Crippen LogP contribution in [0.2, 0.25) is 0 Å². The summed E-state index contributed by atoms with van der Waals surface area (Å²) in [7, 11) is 0. The summed E-state index contributed by atoms with van der Waals surface area (Å²) < 4.78 is 0. The molecule has 0 fully saturated rings. The molecular formula is C24H46O4. The average Bonchev–Trinajstić information content (AvgIpc) is 2.54. The maximum Gasteiger partial charge on any atom is 0.307 e. The van der Waals surface area contributed by atoms with Crippen molar-refractivity contribution in [2.75, 3.05) is 0 Å². The van der Waals surface area contributed by atoms with Crippen LogP contribution >= 0.6 is 0 Å². The standard InChI is InChI=1S/C24H46O4/c1-11-22(6,7)15-18(20(27)28)23(8,9)13-14-24(10,12-2)16-17(19(25)26)21(3,4)5/h17-18H,11-16H2,1-10H3,(H,25,26)(H,27,28). The quantitative estimate of drug-likeness (QED) is 0.376. The Balaban J connectivity index is 5.44. The van der Waals surface area contributed by atoms with Crippen LogP contribution in [0.4, 0.5) is 0 Å². The van der Waals surface area contributed by atoms with Crippen molar-refractivity contribution >= 4 is 11.9 Å². The van der Waals surface area contributed by atoms with Gasteiger partial charge in [0.2, 0.25) is 0 Å². The normalized spacial score (nSPS) is 17.6. The number of rotatable bonds is 12. The van der Waals surface area contributed by atoms with Crippen LogP contribution in [0.15, 0.2) is 0 Å². The Morgan fingerprint density at radius 3 is 1.50 bits per heavy atom. The topological polar surface area (TPSA) is 74.6 Å². The second-order valence-electron chi connectivity index (χ2n) is 11.7. The molecule has 0 aliphatic rings. The van der Waals surface area contributed by atoms with Crippen molar-refractivity contribution < 1.29 is 19.8 Å². The molecule has 0 saturated heterocycles. The van der Waals surface area contributed by atoms with Crippen LogP contribution in [0.5, 0.6) is 0 Å². The van der Waals surface area contributed by atoms with Crippen molar-refractivity contribution in [2.45, 2.75) is 108 Å². The highest BCUT2D eigenvalue weighted by atomic mass is 16.4. The molecule has 3 unspecified atom stereocenters. The third-order valence-corrected chi connectivity index (χ3v) is 7.22. The maximum absolute atomic E-state index is 12.1. The van der Waals surface area contributed by atoms with Crippen molar-refractivity contribution in [3.8, 4) is 0 Å². The number of carboxylic acid groups (broad SMARTS) is 2. The van der Waals surface area contributed by atoms with Crippen LogP contribution in [0.3, 0.4) is 0 Å². The van der Waals surface area contributed by atoms with Gasteiger partial charge in [0.15, 0.2) is 0 Å². The number of hydrogen-bond donors (Lipinski definition) is 2. The molecule has 0 radical (unpaired) electrons. The van der Waals surface area contributed by atoms with E-state index >= 15 is 0 Å². The minimum atomic E-state index is -0.737. The van der Waals surface area contributed by atoms with Crippen LogP contribution < -0.4 is 0 Å². The van der Waals surface area contributed by atoms with Crippen LogP contribution in [0.1, 0.15) is 108 Å². The summed E-state index contributed by atoms with van der Waals surface area (Å²) in [5.74, 6) is -2.27. The monoisotopic (exact) mass is 398 g/mol. The first kappa shape index (κ1) is 26.9. The molecule has 4 nitrogen and oxygen atoms in total. The van der Waals surface area contributed by atoms with E-state index in [0.717, 1.165) is 25.7 Å². The molecule has 3 atom stereocenters. The molecule has 0 aromatic rings. The van der Waals surface area contributed by atoms with Gasteiger partial charge in [-0.05, 0) is 47.3 Å². The molecule has 0 aliphatic carbocycles. The highest BCUT2D eigenvalue weighted by Crippen LogP contribution is 2.46. The van der Waals surface area contributed by atoms with E-state index in [1.54, 1.807) is 0 Å². The molecular weight excluding hydrogens is 352 g/mol. The summed E-state index contributed by atoms with van der Waals surface area (Å²) in [6.45, 7) is 20.7. The maximum atomic E-state index is 12.1. The fourth-order valence-corrected chi connectivity index (χ4v) is 3.87. The summed E-state index contributed by atoms with van der Waals surface area (Å²) in [4.78, 5) is 23.9. The lowest BCUT2D eigenvalue weighted by molar-refractivity contribution is -0.148. The van der Waals surface area contributed by atoms with E-state index < -0.39 is 23.8 Å². The van der Waals surface area contributed by atoms with E-state index in [-0.39, 0.29) is 21.7 Å². The summed E-state index contributed by atoms with van der Waals surface area (Å²) in [5.41, 5.74) is -0.756. The predicted molar refractivity (Wildman–Crippen MR) is 116 cm³/mol. The highest BCUT2D eigenvalue weighted by molar-refractivity contribution is 5.71. The summed E-state index contributed by atoms with van der Waals surface area (Å²) in [6, 6.07) is 0. The molecule has 0 rings (SSSR count). The lowest BCUT2D eigenvalue weighted by Crippen LogP contribution is -2.37. The van der Waals surface area contributed by atoms with Crippen molar-refractivity contribution in [3.63, 3.8) is 0 Å². The molecule has 0 aromatic carbocycles. The zero-order chi connectivity index (χ0) is 22.6. The number of carbonyl (C=O) groups is 2. The van der Waals surface area contributed by atoms with Gasteiger partial charge in [0.05, 0.1) is 11.8 Å². The van der Waals surface area contributed by atoms with Crippen molar-refractivity contribution in [2.24, 2.45) is 33.5 Å². The predicted octanol–water partition coefficient (Wildman–Crippen LogP) is 6.87. The van der Waals surface area contributed by atoms with Gasteiger partial charge in [0.1, 0.15) is 0 Å². The SMILES string of the molecule is CCC(C)(C)CC(C(=O)O)C(C)(C)CCC(C)(CC)CC(C(=O)O)C(C)(C)C. The van der Waals surface area contributed by atoms with Gasteiger partial charge in [-0.1, -0.05) is 82.1 Å². The first-order valence-electron chi connectivity index (χ1n) is 10.9. The van der Waals surface area contributed by atoms with Crippen LogP contribution in [-0.2, 0) is 9.59 Å². The molecule has 0 heterocycles. The molecule has 2 N–H and O–H groups in total. The second-order valence-corrected chi connectivity index (χ2v) is 11.7. The fourth-order valence-electron chi connectivity index (χ4n) is 3.87. The first-order valence-corrected chi connectivity index (χ1v) is 10.9. The Bertz CT molecular complexity index is 527. The smallest absolute Gasteiger partial charge is 0.307 e. The first-order chi connectivity index (χ1) is 12.4. The van der Waals surface area contributed by atoms with Crippen LogP contribution in [0, 0.1) is 33.5 Å². The van der Waals surface area contributed by atoms with Gasteiger partial charge in [0.25, 0.3) is 0 Å². The van der Waals surface area contributed by atoms with Gasteiger partial charge in [0, 0.05) is 0 Å². The third kappa shape index (κ3) is 8.13. The molecule has 0 aromatic heterocycles. The highest BCUT2D eigenvalue weighted by Gasteiger charge is 2.42. The van der Waals surface area contributed by atoms with E-state index in [0.29, 0.717) is 12.8 Å². The molecule has 0 aliphatic heterocycles. The molecule has 166 valence electrons. The summed E-state index contributed by atoms with van der Waals surface area (Å²) >= 11 is 0. The second kappa shape index (κ2) is 9.63. The zero-order valence-corrected chi connectivity index (χ0v) is 20.1. The zero-order valence-electron chi connectivity index (χ0n) is 20.1. The van der Waals surface area contributed by atoms with Gasteiger partial charge < -0.3 is 10.2 Å². The van der Waals surface area contributed by atoms with Gasteiger partial charge >= 0.3 is 11.9 Å². The molecule has 28 heavy (non-hydrogen) atoms. The van der Waals surface area contributed by atoms with Gasteiger partial charge in [-0.15, -0.1) is 0 Å². The minimum absolute atomic E-state index is 0.00494. The molecule has 4 heteroatoms. The van der Waals surface area contributed by atoms with E-state index in [4.69, 9.17) is 0 Å². The number of hydrogen-bond acceptors (Lipinski definition) is 2. The summed E-state index contributed by atoms with van der Waals surface area (Å²) in [6.07, 6.45) is 4.74. The van der Waals surface area contributed by atoms with Gasteiger partial charge in [-0.25, -0.2) is 0 Å². The Morgan fingerprint density at radius 2 is 1.18 bits per heavy atom. The van der Waals surface area contributed by atoms with Crippen molar-refractivity contribution in [3.05, 3.63) is 0 Å². The van der Waals surface area contributed by atoms with Crippen molar-refractivity contribution in [1.82, 2.24) is 0 Å². The Morgan fingerprint density at radius 1 is 0.714 bits per heavy atom. The third-order valence-electron chi connectivity index (χ3n) is 7.22. The lowest BCUT2D eigenvalue weighted by atomic mass is 9.63. The van der Waals surface area contributed by atoms with E-state index in [9.17, 15) is 19.8 Å². The number of aliphatic carboxylic acids is 2. The molecule has 0 spiro atoms. The van der Waals surface area contributed by atoms with Crippen LogP contribution in [-0.4, -0.2) is 22.2 Å². The Hall–Kier alpha value is -1.06. The van der Waals surface area contributed by atoms with E-state index in [1.165, 1.54) is 0 Å². The van der Waals surface area contributed by atoms with E-state index in [1.807, 2.05) is 20.8 Å². The Kier molecular flexibility index (Phi) is 9.26. The van der Waals surface area contributed by atoms with Gasteiger partial charge in [-0.2, -0.15) is 0 Å². The molecule has 0 amide bonds. The van der Waals surface area contributed by atoms with Crippen molar-refractivity contribution in [1.29, 1.82) is 0 Å². The largest absolute Gasteiger partial charge is 0.481 e. The molecule has 0 saturated carbocycles. The number of carboxylic acids is 2. The minimum Gasteiger partial charge on any atom is -0.481 e. The average molecular weight is 399 g/mol. The van der Waals surface area contributed by atoms with Crippen LogP contribution in [0.25, 0.3) is 0 Å². The molecule has 0 bridgehead atoms. The Labute approximate surface area is 173 Å². The van der Waals surface area contributed by atoms with Gasteiger partial charge in [-0.3, -0.25) is 9.59 Å². The van der Waals surface area contributed by atoms with E-state index in [2.05, 4.69) is 48.5 Å². The lowest BCUT2D eigenvalue weighted by Gasteiger charge is -2.41.